The number of carbonyl (C=O) groups is 1. The third kappa shape index (κ3) is 3.10. The van der Waals surface area contributed by atoms with Crippen molar-refractivity contribution in [2.75, 3.05) is 18.9 Å². The fraction of sp³-hybridized carbons (Fsp3) is 0.538. The molecule has 1 amide bonds. The summed E-state index contributed by atoms with van der Waals surface area (Å²) in [5.41, 5.74) is 5.20. The van der Waals surface area contributed by atoms with Gasteiger partial charge in [-0.15, -0.1) is 0 Å². The van der Waals surface area contributed by atoms with Crippen LogP contribution >= 0.6 is 0 Å². The molecule has 1 aliphatic heterocycles. The normalized spacial score (nSPS) is 22.1. The molecule has 0 aromatic carbocycles. The van der Waals surface area contributed by atoms with Crippen LogP contribution in [0.2, 0.25) is 0 Å². The summed E-state index contributed by atoms with van der Waals surface area (Å²) >= 11 is 0. The van der Waals surface area contributed by atoms with Gasteiger partial charge in [-0.1, -0.05) is 6.92 Å². The van der Waals surface area contributed by atoms with Crippen molar-refractivity contribution >= 4 is 17.4 Å². The first-order valence-electron chi connectivity index (χ1n) is 6.76. The Morgan fingerprint density at radius 3 is 3.00 bits per heavy atom. The van der Waals surface area contributed by atoms with Crippen molar-refractivity contribution in [1.82, 2.24) is 9.88 Å². The first kappa shape index (κ1) is 15.2. The monoisotopic (exact) mass is 294 g/mol. The van der Waals surface area contributed by atoms with Crippen LogP contribution in [0.3, 0.4) is 0 Å². The minimum Gasteiger partial charge on any atom is -0.384 e. The van der Waals surface area contributed by atoms with Gasteiger partial charge >= 0.3 is 0 Å². The van der Waals surface area contributed by atoms with Crippen molar-refractivity contribution in [3.63, 3.8) is 0 Å². The number of hydrogen-bond acceptors (Lipinski definition) is 6. The lowest BCUT2D eigenvalue weighted by Gasteiger charge is -2.38. The molecule has 0 radical (unpaired) electrons. The highest BCUT2D eigenvalue weighted by Crippen LogP contribution is 2.24. The Labute approximate surface area is 122 Å². The van der Waals surface area contributed by atoms with Crippen molar-refractivity contribution in [2.45, 2.75) is 32.4 Å². The summed E-state index contributed by atoms with van der Waals surface area (Å²) in [7, 11) is 0. The van der Waals surface area contributed by atoms with E-state index in [9.17, 15) is 14.9 Å². The van der Waals surface area contributed by atoms with Gasteiger partial charge < -0.3 is 15.4 Å². The number of amides is 1. The largest absolute Gasteiger partial charge is 0.384 e. The van der Waals surface area contributed by atoms with Crippen molar-refractivity contribution in [1.29, 1.82) is 0 Å². The molecule has 1 saturated heterocycles. The third-order valence-electron chi connectivity index (χ3n) is 3.53. The number of nitro groups is 1. The second kappa shape index (κ2) is 6.04. The van der Waals surface area contributed by atoms with Crippen molar-refractivity contribution in [2.24, 2.45) is 0 Å². The zero-order valence-corrected chi connectivity index (χ0v) is 12.0. The third-order valence-corrected chi connectivity index (χ3v) is 3.53. The zero-order valence-electron chi connectivity index (χ0n) is 12.0. The summed E-state index contributed by atoms with van der Waals surface area (Å²) in [5.74, 6) is -0.323. The fourth-order valence-electron chi connectivity index (χ4n) is 2.37. The van der Waals surface area contributed by atoms with Crippen LogP contribution < -0.4 is 5.73 Å². The molecule has 114 valence electrons. The van der Waals surface area contributed by atoms with Crippen molar-refractivity contribution in [3.05, 3.63) is 27.9 Å². The lowest BCUT2D eigenvalue weighted by molar-refractivity contribution is -0.385. The summed E-state index contributed by atoms with van der Waals surface area (Å²) in [4.78, 5) is 28.4. The van der Waals surface area contributed by atoms with Crippen LogP contribution in [0.15, 0.2) is 12.3 Å². The molecule has 0 spiro atoms. The standard InChI is InChI=1S/C13H18N4O4/c1-3-9-7-21-8(2)6-16(9)13(18)10-4-12(14)15-5-11(10)17(19)20/h4-5,8-9H,3,6-7H2,1-2H3,(H2,14,15). The van der Waals surface area contributed by atoms with Gasteiger partial charge in [0, 0.05) is 6.54 Å². The number of nitrogen functional groups attached to an aromatic ring is 1. The van der Waals surface area contributed by atoms with Crippen LogP contribution in [0.25, 0.3) is 0 Å². The molecular weight excluding hydrogens is 276 g/mol. The van der Waals surface area contributed by atoms with Gasteiger partial charge in [0.15, 0.2) is 0 Å². The molecule has 1 fully saturated rings. The Kier molecular flexibility index (Phi) is 4.37. The second-order valence-corrected chi connectivity index (χ2v) is 5.05. The van der Waals surface area contributed by atoms with Gasteiger partial charge in [-0.05, 0) is 19.4 Å². The average Bonchev–Trinajstić information content (AvgIpc) is 2.46. The molecule has 21 heavy (non-hydrogen) atoms. The number of aromatic nitrogens is 1. The van der Waals surface area contributed by atoms with E-state index < -0.39 is 10.8 Å². The second-order valence-electron chi connectivity index (χ2n) is 5.05. The summed E-state index contributed by atoms with van der Waals surface area (Å²) in [6.45, 7) is 4.63. The van der Waals surface area contributed by atoms with Gasteiger partial charge in [-0.25, -0.2) is 4.98 Å². The maximum Gasteiger partial charge on any atom is 0.300 e. The molecule has 8 nitrogen and oxygen atoms in total. The van der Waals surface area contributed by atoms with Gasteiger partial charge in [0.05, 0.1) is 23.7 Å². The molecule has 8 heteroatoms. The van der Waals surface area contributed by atoms with E-state index in [1.165, 1.54) is 6.07 Å². The SMILES string of the molecule is CCC1COC(C)CN1C(=O)c1cc(N)ncc1[N+](=O)[O-]. The molecule has 2 N–H and O–H groups in total. The number of rotatable bonds is 3. The fourth-order valence-corrected chi connectivity index (χ4v) is 2.37. The summed E-state index contributed by atoms with van der Waals surface area (Å²) in [6, 6.07) is 1.16. The Hall–Kier alpha value is -2.22. The molecule has 0 bridgehead atoms. The first-order chi connectivity index (χ1) is 9.93. The Balaban J connectivity index is 2.38. The molecule has 2 rings (SSSR count). The van der Waals surface area contributed by atoms with Crippen LogP contribution in [0.4, 0.5) is 11.5 Å². The van der Waals surface area contributed by atoms with E-state index in [1.807, 2.05) is 13.8 Å². The van der Waals surface area contributed by atoms with E-state index in [1.54, 1.807) is 4.90 Å². The highest BCUT2D eigenvalue weighted by atomic mass is 16.6. The topological polar surface area (TPSA) is 112 Å². The summed E-state index contributed by atoms with van der Waals surface area (Å²) in [6.07, 6.45) is 1.63. The maximum absolute atomic E-state index is 12.7. The molecule has 2 atom stereocenters. The number of nitrogens with two attached hydrogens (primary N) is 1. The predicted molar refractivity (Wildman–Crippen MR) is 75.8 cm³/mol. The van der Waals surface area contributed by atoms with E-state index in [2.05, 4.69) is 4.98 Å². The van der Waals surface area contributed by atoms with Crippen molar-refractivity contribution in [3.8, 4) is 0 Å². The number of anilines is 1. The van der Waals surface area contributed by atoms with Gasteiger partial charge in [0.25, 0.3) is 11.6 Å². The van der Waals surface area contributed by atoms with Gasteiger partial charge in [0.2, 0.25) is 0 Å². The van der Waals surface area contributed by atoms with Crippen molar-refractivity contribution < 1.29 is 14.5 Å². The highest BCUT2D eigenvalue weighted by Gasteiger charge is 2.33. The lowest BCUT2D eigenvalue weighted by atomic mass is 10.1. The molecule has 0 aliphatic carbocycles. The molecule has 0 saturated carbocycles. The van der Waals surface area contributed by atoms with E-state index in [4.69, 9.17) is 10.5 Å². The van der Waals surface area contributed by atoms with Crippen LogP contribution in [0.5, 0.6) is 0 Å². The van der Waals surface area contributed by atoms with E-state index in [0.717, 1.165) is 6.20 Å². The first-order valence-corrected chi connectivity index (χ1v) is 6.76. The van der Waals surface area contributed by atoms with Crippen LogP contribution in [0, 0.1) is 10.1 Å². The minimum atomic E-state index is -0.621. The number of carbonyl (C=O) groups excluding carboxylic acids is 1. The molecule has 1 aromatic heterocycles. The van der Waals surface area contributed by atoms with E-state index in [-0.39, 0.29) is 29.2 Å². The lowest BCUT2D eigenvalue weighted by Crippen LogP contribution is -2.51. The molecule has 1 aliphatic rings. The summed E-state index contributed by atoms with van der Waals surface area (Å²) in [5, 5.41) is 11.1. The Morgan fingerprint density at radius 1 is 1.67 bits per heavy atom. The van der Waals surface area contributed by atoms with Crippen LogP contribution in [0.1, 0.15) is 30.6 Å². The summed E-state index contributed by atoms with van der Waals surface area (Å²) < 4.78 is 5.53. The van der Waals surface area contributed by atoms with E-state index in [0.29, 0.717) is 19.6 Å². The van der Waals surface area contributed by atoms with E-state index >= 15 is 0 Å². The van der Waals surface area contributed by atoms with Gasteiger partial charge in [0.1, 0.15) is 17.6 Å². The number of ether oxygens (including phenoxy) is 1. The smallest absolute Gasteiger partial charge is 0.300 e. The predicted octanol–water partition coefficient (Wildman–Crippen LogP) is 1.21. The molecule has 2 unspecified atom stereocenters. The van der Waals surface area contributed by atoms with Gasteiger partial charge in [-0.3, -0.25) is 14.9 Å². The Morgan fingerprint density at radius 2 is 2.38 bits per heavy atom. The molecular formula is C13H18N4O4. The molecule has 1 aromatic rings. The highest BCUT2D eigenvalue weighted by molar-refractivity contribution is 5.98. The number of hydrogen-bond donors (Lipinski definition) is 1. The number of morpholine rings is 1. The Bertz CT molecular complexity index is 563. The van der Waals surface area contributed by atoms with Crippen LogP contribution in [-0.4, -0.2) is 46.0 Å². The number of pyridine rings is 1. The molecule has 2 heterocycles. The zero-order chi connectivity index (χ0) is 15.6. The number of nitrogens with zero attached hydrogens (tertiary/aromatic N) is 3. The van der Waals surface area contributed by atoms with Crippen LogP contribution in [-0.2, 0) is 4.74 Å². The quantitative estimate of drug-likeness (QED) is 0.662. The maximum atomic E-state index is 12.7. The average molecular weight is 294 g/mol. The van der Waals surface area contributed by atoms with Gasteiger partial charge in [-0.2, -0.15) is 0 Å². The minimum absolute atomic E-state index is 0.0277.